The molecular weight excluding hydrogens is 304 g/mol. The molecule has 1 amide bonds. The summed E-state index contributed by atoms with van der Waals surface area (Å²) in [5.41, 5.74) is 0. The monoisotopic (exact) mass is 322 g/mol. The molecule has 0 bridgehead atoms. The first kappa shape index (κ1) is 14.6. The minimum Gasteiger partial charge on any atom is -0.335 e. The van der Waals surface area contributed by atoms with Crippen LogP contribution in [0.1, 0.15) is 36.0 Å². The number of rotatable bonds is 5. The zero-order valence-corrected chi connectivity index (χ0v) is 13.5. The second kappa shape index (κ2) is 6.62. The lowest BCUT2D eigenvalue weighted by molar-refractivity contribution is -0.131. The summed E-state index contributed by atoms with van der Waals surface area (Å²) in [5.74, 6) is 1.77. The molecule has 21 heavy (non-hydrogen) atoms. The van der Waals surface area contributed by atoms with Gasteiger partial charge in [0.25, 0.3) is 0 Å². The van der Waals surface area contributed by atoms with Crippen LogP contribution in [0.2, 0.25) is 0 Å². The molecule has 0 radical (unpaired) electrons. The van der Waals surface area contributed by atoms with E-state index in [0.29, 0.717) is 6.42 Å². The lowest BCUT2D eigenvalue weighted by Crippen LogP contribution is -2.30. The van der Waals surface area contributed by atoms with Gasteiger partial charge < -0.3 is 4.90 Å². The van der Waals surface area contributed by atoms with Gasteiger partial charge in [0, 0.05) is 23.6 Å². The van der Waals surface area contributed by atoms with Crippen LogP contribution in [-0.2, 0) is 4.79 Å². The maximum atomic E-state index is 12.4. The molecule has 2 aromatic heterocycles. The number of H-pyrrole nitrogens is 1. The van der Waals surface area contributed by atoms with Gasteiger partial charge in [0.15, 0.2) is 0 Å². The zero-order valence-electron chi connectivity index (χ0n) is 11.9. The van der Waals surface area contributed by atoms with Crippen molar-refractivity contribution in [3.8, 4) is 0 Å². The third-order valence-corrected chi connectivity index (χ3v) is 5.39. The molecule has 0 spiro atoms. The molecule has 3 rings (SSSR count). The van der Waals surface area contributed by atoms with Crippen molar-refractivity contribution in [2.45, 2.75) is 37.4 Å². The van der Waals surface area contributed by atoms with Gasteiger partial charge >= 0.3 is 0 Å². The number of nitrogens with one attached hydrogen (secondary N) is 1. The Morgan fingerprint density at radius 2 is 2.52 bits per heavy atom. The molecule has 112 valence electrons. The van der Waals surface area contributed by atoms with Crippen LogP contribution in [0.3, 0.4) is 0 Å². The zero-order chi connectivity index (χ0) is 14.7. The highest BCUT2D eigenvalue weighted by molar-refractivity contribution is 7.99. The Hall–Kier alpha value is -1.34. The Labute approximate surface area is 132 Å². The Morgan fingerprint density at radius 1 is 1.62 bits per heavy atom. The number of nitrogens with zero attached hydrogens (tertiary/aromatic N) is 3. The topological polar surface area (TPSA) is 61.9 Å². The molecule has 0 saturated carbocycles. The standard InChI is InChI=1S/C14H18N4OS2/c1-10-15-14(17-16-10)21-9-6-13(19)18-7-2-4-11(18)12-5-3-8-20-12/h3,5,8,11H,2,4,6-7,9H2,1H3,(H,15,16,17)/t11-/m1/s1. The van der Waals surface area contributed by atoms with Crippen molar-refractivity contribution in [1.82, 2.24) is 20.1 Å². The van der Waals surface area contributed by atoms with Gasteiger partial charge in [-0.15, -0.1) is 16.4 Å². The SMILES string of the molecule is Cc1nc(SCCC(=O)N2CCC[C@@H]2c2cccs2)n[nH]1. The lowest BCUT2D eigenvalue weighted by atomic mass is 10.2. The third-order valence-electron chi connectivity index (χ3n) is 3.57. The second-order valence-corrected chi connectivity index (χ2v) is 7.10. The highest BCUT2D eigenvalue weighted by atomic mass is 32.2. The summed E-state index contributed by atoms with van der Waals surface area (Å²) in [6.07, 6.45) is 2.72. The maximum absolute atomic E-state index is 12.4. The minimum absolute atomic E-state index is 0.241. The number of hydrogen-bond acceptors (Lipinski definition) is 5. The molecule has 3 heterocycles. The summed E-state index contributed by atoms with van der Waals surface area (Å²) in [6.45, 7) is 2.75. The fourth-order valence-electron chi connectivity index (χ4n) is 2.60. The van der Waals surface area contributed by atoms with Crippen LogP contribution < -0.4 is 0 Å². The number of hydrogen-bond donors (Lipinski definition) is 1. The first-order chi connectivity index (χ1) is 10.2. The normalized spacial score (nSPS) is 18.3. The highest BCUT2D eigenvalue weighted by Gasteiger charge is 2.30. The summed E-state index contributed by atoms with van der Waals surface area (Å²) < 4.78 is 0. The van der Waals surface area contributed by atoms with E-state index in [1.54, 1.807) is 11.3 Å². The molecule has 2 aromatic rings. The van der Waals surface area contributed by atoms with Gasteiger partial charge in [0.05, 0.1) is 6.04 Å². The summed E-state index contributed by atoms with van der Waals surface area (Å²) in [6, 6.07) is 4.47. The van der Waals surface area contributed by atoms with Gasteiger partial charge in [0.2, 0.25) is 11.1 Å². The maximum Gasteiger partial charge on any atom is 0.223 e. The van der Waals surface area contributed by atoms with Crippen LogP contribution in [-0.4, -0.2) is 38.3 Å². The first-order valence-electron chi connectivity index (χ1n) is 7.09. The molecular formula is C14H18N4OS2. The summed E-state index contributed by atoms with van der Waals surface area (Å²) in [7, 11) is 0. The largest absolute Gasteiger partial charge is 0.335 e. The summed E-state index contributed by atoms with van der Waals surface area (Å²) >= 11 is 3.27. The lowest BCUT2D eigenvalue weighted by Gasteiger charge is -2.23. The highest BCUT2D eigenvalue weighted by Crippen LogP contribution is 2.35. The summed E-state index contributed by atoms with van der Waals surface area (Å²) in [4.78, 5) is 20.0. The van der Waals surface area contributed by atoms with Crippen LogP contribution in [0, 0.1) is 6.92 Å². The molecule has 1 fully saturated rings. The number of aromatic amines is 1. The predicted octanol–water partition coefficient (Wildman–Crippen LogP) is 3.02. The number of thiophene rings is 1. The number of likely N-dealkylation sites (tertiary alicyclic amines) is 1. The van der Waals surface area contributed by atoms with E-state index in [1.165, 1.54) is 16.6 Å². The first-order valence-corrected chi connectivity index (χ1v) is 8.95. The summed E-state index contributed by atoms with van der Waals surface area (Å²) in [5, 5.41) is 9.68. The number of thioether (sulfide) groups is 1. The molecule has 1 aliphatic rings. The molecule has 7 heteroatoms. The van der Waals surface area contributed by atoms with Crippen molar-refractivity contribution in [2.75, 3.05) is 12.3 Å². The van der Waals surface area contributed by atoms with E-state index < -0.39 is 0 Å². The predicted molar refractivity (Wildman–Crippen MR) is 84.5 cm³/mol. The number of aromatic nitrogens is 3. The molecule has 1 atom stereocenters. The van der Waals surface area contributed by atoms with Crippen molar-refractivity contribution >= 4 is 29.0 Å². The molecule has 5 nitrogen and oxygen atoms in total. The number of carbonyl (C=O) groups excluding carboxylic acids is 1. The second-order valence-electron chi connectivity index (χ2n) is 5.06. The molecule has 0 unspecified atom stereocenters. The molecule has 0 aromatic carbocycles. The van der Waals surface area contributed by atoms with Gasteiger partial charge in [0.1, 0.15) is 5.82 Å². The van der Waals surface area contributed by atoms with Crippen molar-refractivity contribution in [3.63, 3.8) is 0 Å². The van der Waals surface area contributed by atoms with E-state index in [-0.39, 0.29) is 11.9 Å². The van der Waals surface area contributed by atoms with Gasteiger partial charge in [-0.1, -0.05) is 17.8 Å². The van der Waals surface area contributed by atoms with Crippen molar-refractivity contribution in [3.05, 3.63) is 28.2 Å². The van der Waals surface area contributed by atoms with Gasteiger partial charge in [-0.25, -0.2) is 4.98 Å². The van der Waals surface area contributed by atoms with Crippen LogP contribution in [0.15, 0.2) is 22.7 Å². The number of carbonyl (C=O) groups is 1. The van der Waals surface area contributed by atoms with Crippen molar-refractivity contribution < 1.29 is 4.79 Å². The van der Waals surface area contributed by atoms with Gasteiger partial charge in [-0.3, -0.25) is 9.89 Å². The Kier molecular flexibility index (Phi) is 4.60. The minimum atomic E-state index is 0.241. The van der Waals surface area contributed by atoms with Crippen LogP contribution in [0.5, 0.6) is 0 Å². The van der Waals surface area contributed by atoms with E-state index in [2.05, 4.69) is 32.7 Å². The Bertz CT molecular complexity index is 596. The van der Waals surface area contributed by atoms with Crippen molar-refractivity contribution in [2.24, 2.45) is 0 Å². The molecule has 1 saturated heterocycles. The number of amides is 1. The van der Waals surface area contributed by atoms with E-state index in [4.69, 9.17) is 0 Å². The van der Waals surface area contributed by atoms with Crippen LogP contribution in [0.25, 0.3) is 0 Å². The molecule has 0 aliphatic carbocycles. The average Bonchev–Trinajstić information content (AvgIpc) is 3.19. The van der Waals surface area contributed by atoms with Crippen LogP contribution >= 0.6 is 23.1 Å². The fraction of sp³-hybridized carbons (Fsp3) is 0.500. The third kappa shape index (κ3) is 3.47. The fourth-order valence-corrected chi connectivity index (χ4v) is 4.25. The quantitative estimate of drug-likeness (QED) is 0.860. The van der Waals surface area contributed by atoms with Crippen LogP contribution in [0.4, 0.5) is 0 Å². The van der Waals surface area contributed by atoms with E-state index >= 15 is 0 Å². The van der Waals surface area contributed by atoms with E-state index in [9.17, 15) is 4.79 Å². The van der Waals surface area contributed by atoms with E-state index in [1.807, 2.05) is 11.8 Å². The molecule has 1 N–H and O–H groups in total. The Morgan fingerprint density at radius 3 is 3.24 bits per heavy atom. The Balaban J connectivity index is 1.52. The molecule has 1 aliphatic heterocycles. The van der Waals surface area contributed by atoms with Gasteiger partial charge in [-0.05, 0) is 31.2 Å². The van der Waals surface area contributed by atoms with E-state index in [0.717, 1.165) is 36.1 Å². The smallest absolute Gasteiger partial charge is 0.223 e. The number of aryl methyl sites for hydroxylation is 1. The van der Waals surface area contributed by atoms with Crippen molar-refractivity contribution in [1.29, 1.82) is 0 Å². The van der Waals surface area contributed by atoms with Gasteiger partial charge in [-0.2, -0.15) is 0 Å². The average molecular weight is 322 g/mol.